The van der Waals surface area contributed by atoms with Crippen molar-refractivity contribution in [2.45, 2.75) is 26.0 Å². The van der Waals surface area contributed by atoms with Crippen LogP contribution in [-0.2, 0) is 6.54 Å². The van der Waals surface area contributed by atoms with E-state index in [1.807, 2.05) is 18.2 Å². The van der Waals surface area contributed by atoms with Crippen molar-refractivity contribution < 1.29 is 18.3 Å². The number of unbranched alkanes of at least 4 members (excludes halogenated alkanes) is 1. The zero-order chi connectivity index (χ0) is 20.9. The average molecular weight is 407 g/mol. The molecule has 0 fully saturated rings. The molecule has 0 aliphatic rings. The Bertz CT molecular complexity index is 760. The van der Waals surface area contributed by atoms with Crippen LogP contribution in [0.15, 0.2) is 47.6 Å². The summed E-state index contributed by atoms with van der Waals surface area (Å²) in [4.78, 5) is 8.36. The number of ether oxygens (including phenoxy) is 2. The molecule has 0 saturated carbocycles. The molecule has 1 aromatic heterocycles. The van der Waals surface area contributed by atoms with Gasteiger partial charge in [0.05, 0.1) is 7.11 Å². The molecule has 0 amide bonds. The maximum Gasteiger partial charge on any atom is 0.387 e. The zero-order valence-electron chi connectivity index (χ0n) is 16.6. The Kier molecular flexibility index (Phi) is 9.47. The largest absolute Gasteiger partial charge is 0.497 e. The first-order valence-corrected chi connectivity index (χ1v) is 9.33. The van der Waals surface area contributed by atoms with Crippen LogP contribution >= 0.6 is 0 Å². The number of pyridine rings is 1. The van der Waals surface area contributed by atoms with E-state index >= 15 is 0 Å². The minimum absolute atomic E-state index is 0.101. The van der Waals surface area contributed by atoms with E-state index in [4.69, 9.17) is 4.74 Å². The van der Waals surface area contributed by atoms with Gasteiger partial charge in [0.25, 0.3) is 0 Å². The summed E-state index contributed by atoms with van der Waals surface area (Å²) in [6.45, 7) is -1.08. The van der Waals surface area contributed by atoms with Crippen LogP contribution in [0.4, 0.5) is 14.6 Å². The highest BCUT2D eigenvalue weighted by molar-refractivity contribution is 5.79. The lowest BCUT2D eigenvalue weighted by Crippen LogP contribution is -2.37. The molecule has 2 aromatic rings. The van der Waals surface area contributed by atoms with Crippen LogP contribution in [-0.4, -0.2) is 44.8 Å². The van der Waals surface area contributed by atoms with Crippen molar-refractivity contribution in [3.05, 3.63) is 48.2 Å². The molecule has 0 atom stereocenters. The number of rotatable bonds is 11. The molecule has 3 N–H and O–H groups in total. The molecule has 0 unspecified atom stereocenters. The van der Waals surface area contributed by atoms with Gasteiger partial charge in [-0.3, -0.25) is 4.99 Å². The number of benzene rings is 1. The number of halogens is 2. The second kappa shape index (κ2) is 12.4. The molecule has 1 aromatic carbocycles. The van der Waals surface area contributed by atoms with Gasteiger partial charge < -0.3 is 25.4 Å². The minimum atomic E-state index is -2.89. The fourth-order valence-electron chi connectivity index (χ4n) is 2.57. The molecule has 0 radical (unpaired) electrons. The van der Waals surface area contributed by atoms with E-state index in [0.717, 1.165) is 31.7 Å². The van der Waals surface area contributed by atoms with E-state index < -0.39 is 6.61 Å². The maximum atomic E-state index is 12.6. The predicted molar refractivity (Wildman–Crippen MR) is 110 cm³/mol. The monoisotopic (exact) mass is 407 g/mol. The summed E-state index contributed by atoms with van der Waals surface area (Å²) < 4.78 is 34.9. The van der Waals surface area contributed by atoms with Gasteiger partial charge in [-0.15, -0.1) is 0 Å². The number of hydrogen-bond acceptors (Lipinski definition) is 5. The molecule has 2 rings (SSSR count). The SMILES string of the molecule is CN=C(NCCCCNc1ccccn1)NCc1cc(OC)ccc1OC(F)F. The molecule has 0 aliphatic carbocycles. The molecule has 9 heteroatoms. The van der Waals surface area contributed by atoms with Crippen molar-refractivity contribution >= 4 is 11.8 Å². The molecule has 0 saturated heterocycles. The highest BCUT2D eigenvalue weighted by atomic mass is 19.3. The molecule has 1 heterocycles. The second-order valence-corrected chi connectivity index (χ2v) is 6.05. The molecule has 158 valence electrons. The van der Waals surface area contributed by atoms with Gasteiger partial charge in [-0.05, 0) is 43.2 Å². The van der Waals surface area contributed by atoms with Gasteiger partial charge in [0.15, 0.2) is 5.96 Å². The number of alkyl halides is 2. The van der Waals surface area contributed by atoms with Crippen LogP contribution < -0.4 is 25.4 Å². The quantitative estimate of drug-likeness (QED) is 0.302. The van der Waals surface area contributed by atoms with E-state index in [1.165, 1.54) is 13.2 Å². The van der Waals surface area contributed by atoms with E-state index in [2.05, 4.69) is 30.7 Å². The van der Waals surface area contributed by atoms with Crippen molar-refractivity contribution in [2.75, 3.05) is 32.6 Å². The Balaban J connectivity index is 1.74. The van der Waals surface area contributed by atoms with E-state index in [0.29, 0.717) is 17.3 Å². The Labute approximate surface area is 169 Å². The first-order valence-electron chi connectivity index (χ1n) is 9.33. The van der Waals surface area contributed by atoms with Crippen molar-refractivity contribution in [3.63, 3.8) is 0 Å². The maximum absolute atomic E-state index is 12.6. The molecule has 0 bridgehead atoms. The normalized spacial score (nSPS) is 11.3. The summed E-state index contributed by atoms with van der Waals surface area (Å²) >= 11 is 0. The second-order valence-electron chi connectivity index (χ2n) is 6.05. The number of aromatic nitrogens is 1. The number of methoxy groups -OCH3 is 1. The van der Waals surface area contributed by atoms with Crippen LogP contribution in [0.1, 0.15) is 18.4 Å². The Morgan fingerprint density at radius 1 is 1.14 bits per heavy atom. The van der Waals surface area contributed by atoms with E-state index in [9.17, 15) is 8.78 Å². The predicted octanol–water partition coefficient (Wildman–Crippen LogP) is 3.25. The van der Waals surface area contributed by atoms with Gasteiger partial charge in [-0.2, -0.15) is 8.78 Å². The zero-order valence-corrected chi connectivity index (χ0v) is 16.6. The fraction of sp³-hybridized carbons (Fsp3) is 0.400. The van der Waals surface area contributed by atoms with Gasteiger partial charge in [0.1, 0.15) is 17.3 Å². The third-order valence-electron chi connectivity index (χ3n) is 4.02. The minimum Gasteiger partial charge on any atom is -0.497 e. The summed E-state index contributed by atoms with van der Waals surface area (Å²) in [5, 5.41) is 9.56. The topological polar surface area (TPSA) is 79.8 Å². The Morgan fingerprint density at radius 2 is 1.97 bits per heavy atom. The van der Waals surface area contributed by atoms with Crippen molar-refractivity contribution in [3.8, 4) is 11.5 Å². The number of anilines is 1. The molecule has 7 nitrogen and oxygen atoms in total. The van der Waals surface area contributed by atoms with E-state index in [1.54, 1.807) is 25.4 Å². The van der Waals surface area contributed by atoms with E-state index in [-0.39, 0.29) is 12.3 Å². The third kappa shape index (κ3) is 8.20. The van der Waals surface area contributed by atoms with Crippen molar-refractivity contribution in [1.29, 1.82) is 0 Å². The number of aliphatic imine (C=N–C) groups is 1. The summed E-state index contributed by atoms with van der Waals surface area (Å²) in [6.07, 6.45) is 3.64. The van der Waals surface area contributed by atoms with Crippen LogP contribution in [0.3, 0.4) is 0 Å². The number of nitrogens with one attached hydrogen (secondary N) is 3. The number of nitrogens with zero attached hydrogens (tertiary/aromatic N) is 2. The molecule has 29 heavy (non-hydrogen) atoms. The summed E-state index contributed by atoms with van der Waals surface area (Å²) in [6, 6.07) is 10.4. The Morgan fingerprint density at radius 3 is 2.66 bits per heavy atom. The van der Waals surface area contributed by atoms with Crippen LogP contribution in [0.2, 0.25) is 0 Å². The van der Waals surface area contributed by atoms with Crippen LogP contribution in [0.25, 0.3) is 0 Å². The van der Waals surface area contributed by atoms with Gasteiger partial charge in [0, 0.05) is 38.4 Å². The third-order valence-corrected chi connectivity index (χ3v) is 4.02. The van der Waals surface area contributed by atoms with Gasteiger partial charge in [0.2, 0.25) is 0 Å². The first kappa shape index (κ1) is 22.2. The van der Waals surface area contributed by atoms with Crippen LogP contribution in [0, 0.1) is 0 Å². The average Bonchev–Trinajstić information content (AvgIpc) is 2.74. The fourth-order valence-corrected chi connectivity index (χ4v) is 2.57. The lowest BCUT2D eigenvalue weighted by Gasteiger charge is -2.15. The smallest absolute Gasteiger partial charge is 0.387 e. The van der Waals surface area contributed by atoms with Crippen LogP contribution in [0.5, 0.6) is 11.5 Å². The standard InChI is InChI=1S/C20H27F2N5O2/c1-23-20(26-12-6-5-11-25-18-7-3-4-10-24-18)27-14-15-13-16(28-2)8-9-17(15)29-19(21)22/h3-4,7-10,13,19H,5-6,11-12,14H2,1-2H3,(H,24,25)(H2,23,26,27). The van der Waals surface area contributed by atoms with Gasteiger partial charge in [-0.25, -0.2) is 4.98 Å². The molecule has 0 spiro atoms. The van der Waals surface area contributed by atoms with Crippen molar-refractivity contribution in [1.82, 2.24) is 15.6 Å². The molecule has 0 aliphatic heterocycles. The molecular formula is C20H27F2N5O2. The summed E-state index contributed by atoms with van der Waals surface area (Å²) in [7, 11) is 3.17. The summed E-state index contributed by atoms with van der Waals surface area (Å²) in [5.74, 6) is 2.10. The lowest BCUT2D eigenvalue weighted by molar-refractivity contribution is -0.0504. The number of hydrogen-bond donors (Lipinski definition) is 3. The Hall–Kier alpha value is -3.10. The van der Waals surface area contributed by atoms with Crippen molar-refractivity contribution in [2.24, 2.45) is 4.99 Å². The highest BCUT2D eigenvalue weighted by Gasteiger charge is 2.11. The van der Waals surface area contributed by atoms with Gasteiger partial charge >= 0.3 is 6.61 Å². The highest BCUT2D eigenvalue weighted by Crippen LogP contribution is 2.25. The summed E-state index contributed by atoms with van der Waals surface area (Å²) in [5.41, 5.74) is 0.548. The van der Waals surface area contributed by atoms with Gasteiger partial charge in [-0.1, -0.05) is 6.07 Å². The number of guanidine groups is 1. The lowest BCUT2D eigenvalue weighted by atomic mass is 10.2. The first-order chi connectivity index (χ1) is 14.1. The molecular weight excluding hydrogens is 380 g/mol.